The van der Waals surface area contributed by atoms with Crippen molar-refractivity contribution >= 4 is 41.5 Å². The maximum Gasteiger partial charge on any atom is 0.387 e. The maximum atomic E-state index is 12.6. The number of para-hydroxylation sites is 2. The predicted octanol–water partition coefficient (Wildman–Crippen LogP) is 2.95. The molecule has 0 saturated carbocycles. The first-order valence-electron chi connectivity index (χ1n) is 9.98. The number of ether oxygens (including phenoxy) is 1. The first-order chi connectivity index (χ1) is 13.9. The van der Waals surface area contributed by atoms with E-state index in [0.717, 1.165) is 19.4 Å². The summed E-state index contributed by atoms with van der Waals surface area (Å²) >= 11 is 0. The molecule has 0 spiro atoms. The third kappa shape index (κ3) is 8.49. The van der Waals surface area contributed by atoms with Crippen LogP contribution in [-0.4, -0.2) is 57.2 Å². The molecule has 2 atom stereocenters. The van der Waals surface area contributed by atoms with Gasteiger partial charge in [0.15, 0.2) is 5.96 Å². The number of hydrogen-bond acceptors (Lipinski definition) is 4. The van der Waals surface area contributed by atoms with Crippen molar-refractivity contribution in [3.63, 3.8) is 0 Å². The number of alkyl halides is 2. The van der Waals surface area contributed by atoms with Crippen LogP contribution in [0.2, 0.25) is 0 Å². The molecule has 0 radical (unpaired) electrons. The van der Waals surface area contributed by atoms with E-state index in [9.17, 15) is 13.6 Å². The Morgan fingerprint density at radius 1 is 1.37 bits per heavy atom. The molecule has 7 nitrogen and oxygen atoms in total. The zero-order chi connectivity index (χ0) is 21.2. The molecule has 1 aromatic carbocycles. The fourth-order valence-corrected chi connectivity index (χ4v) is 3.14. The van der Waals surface area contributed by atoms with Gasteiger partial charge >= 0.3 is 6.61 Å². The van der Waals surface area contributed by atoms with Crippen molar-refractivity contribution in [2.45, 2.75) is 51.8 Å². The summed E-state index contributed by atoms with van der Waals surface area (Å²) in [4.78, 5) is 18.1. The molecule has 2 rings (SSSR count). The Kier molecular flexibility index (Phi) is 11.7. The summed E-state index contributed by atoms with van der Waals surface area (Å²) in [6.45, 7) is 2.98. The zero-order valence-corrected chi connectivity index (χ0v) is 20.0. The molecule has 1 aliphatic rings. The summed E-state index contributed by atoms with van der Waals surface area (Å²) in [6.07, 6.45) is 2.09. The van der Waals surface area contributed by atoms with E-state index < -0.39 is 6.61 Å². The van der Waals surface area contributed by atoms with Crippen LogP contribution >= 0.6 is 24.0 Å². The van der Waals surface area contributed by atoms with E-state index in [2.05, 4.69) is 25.7 Å². The van der Waals surface area contributed by atoms with Crippen molar-refractivity contribution in [1.29, 1.82) is 0 Å². The largest absolute Gasteiger partial charge is 0.433 e. The van der Waals surface area contributed by atoms with Gasteiger partial charge in [-0.15, -0.1) is 24.0 Å². The number of carbonyl (C=O) groups is 1. The lowest BCUT2D eigenvalue weighted by Crippen LogP contribution is -2.45. The highest BCUT2D eigenvalue weighted by atomic mass is 127. The number of benzene rings is 1. The topological polar surface area (TPSA) is 78.0 Å². The Labute approximate surface area is 194 Å². The normalized spacial score (nSPS) is 17.3. The first kappa shape index (κ1) is 26.2. The predicted molar refractivity (Wildman–Crippen MR) is 126 cm³/mol. The number of hydrogen-bond donors (Lipinski definition) is 3. The lowest BCUT2D eigenvalue weighted by Gasteiger charge is -2.22. The van der Waals surface area contributed by atoms with Gasteiger partial charge in [-0.2, -0.15) is 8.78 Å². The molecule has 1 heterocycles. The molecular weight excluding hydrogens is 507 g/mol. The van der Waals surface area contributed by atoms with Crippen LogP contribution in [0, 0.1) is 0 Å². The molecule has 1 aliphatic heterocycles. The molecule has 170 valence electrons. The molecule has 0 aromatic heterocycles. The zero-order valence-electron chi connectivity index (χ0n) is 17.7. The molecule has 1 fully saturated rings. The average Bonchev–Trinajstić information content (AvgIpc) is 3.15. The highest BCUT2D eigenvalue weighted by Crippen LogP contribution is 2.31. The number of amides is 1. The van der Waals surface area contributed by atoms with Gasteiger partial charge in [0.1, 0.15) is 5.75 Å². The van der Waals surface area contributed by atoms with Crippen molar-refractivity contribution in [3.05, 3.63) is 24.3 Å². The molecule has 3 N–H and O–H groups in total. The van der Waals surface area contributed by atoms with Gasteiger partial charge in [-0.25, -0.2) is 0 Å². The second-order valence-corrected chi connectivity index (χ2v) is 7.05. The minimum absolute atomic E-state index is 0. The summed E-state index contributed by atoms with van der Waals surface area (Å²) in [6, 6.07) is 7.09. The summed E-state index contributed by atoms with van der Waals surface area (Å²) < 4.78 is 29.9. The fourth-order valence-electron chi connectivity index (χ4n) is 3.14. The van der Waals surface area contributed by atoms with Gasteiger partial charge in [0.05, 0.1) is 5.69 Å². The summed E-state index contributed by atoms with van der Waals surface area (Å²) in [5, 5.41) is 9.40. The minimum atomic E-state index is -2.85. The summed E-state index contributed by atoms with van der Waals surface area (Å²) in [5.74, 6) is 0.799. The molecule has 30 heavy (non-hydrogen) atoms. The van der Waals surface area contributed by atoms with Crippen molar-refractivity contribution in [2.75, 3.05) is 31.6 Å². The van der Waals surface area contributed by atoms with Gasteiger partial charge in [-0.1, -0.05) is 19.1 Å². The molecule has 1 aromatic rings. The summed E-state index contributed by atoms with van der Waals surface area (Å²) in [7, 11) is 1.67. The van der Waals surface area contributed by atoms with Crippen LogP contribution in [0.3, 0.4) is 0 Å². The molecular formula is C20H32F2IN5O2. The molecule has 2 unspecified atom stereocenters. The van der Waals surface area contributed by atoms with Gasteiger partial charge in [0.25, 0.3) is 0 Å². The first-order valence-corrected chi connectivity index (χ1v) is 9.98. The quantitative estimate of drug-likeness (QED) is 0.256. The second-order valence-electron chi connectivity index (χ2n) is 7.05. The van der Waals surface area contributed by atoms with Crippen LogP contribution in [0.4, 0.5) is 14.5 Å². The number of halogens is 3. The SMILES string of the molecule is CCC(C)NC(=O)CCNC(=NC)NC1CCN(c2ccccc2OC(F)F)C1.I. The van der Waals surface area contributed by atoms with Crippen LogP contribution in [0.25, 0.3) is 0 Å². The number of nitrogens with zero attached hydrogens (tertiary/aromatic N) is 2. The van der Waals surface area contributed by atoms with Gasteiger partial charge in [-0.3, -0.25) is 9.79 Å². The standard InChI is InChI=1S/C20H31F2N5O2.HI/c1-4-14(2)25-18(28)9-11-24-20(23-3)26-15-10-12-27(13-15)16-7-5-6-8-17(16)29-19(21)22;/h5-8,14-15,19H,4,9-13H2,1-3H3,(H,25,28)(H2,23,24,26);1H. The van der Waals surface area contributed by atoms with Crippen molar-refractivity contribution in [2.24, 2.45) is 4.99 Å². The smallest absolute Gasteiger partial charge is 0.387 e. The number of guanidine groups is 1. The van der Waals surface area contributed by atoms with Crippen molar-refractivity contribution in [1.82, 2.24) is 16.0 Å². The van der Waals surface area contributed by atoms with E-state index in [1.165, 1.54) is 0 Å². The van der Waals surface area contributed by atoms with E-state index in [1.54, 1.807) is 31.3 Å². The minimum Gasteiger partial charge on any atom is -0.433 e. The van der Waals surface area contributed by atoms with E-state index in [4.69, 9.17) is 0 Å². The molecule has 1 amide bonds. The van der Waals surface area contributed by atoms with Gasteiger partial charge in [0, 0.05) is 45.2 Å². The number of nitrogens with one attached hydrogen (secondary N) is 3. The number of aliphatic imine (C=N–C) groups is 1. The van der Waals surface area contributed by atoms with Crippen molar-refractivity contribution < 1.29 is 18.3 Å². The highest BCUT2D eigenvalue weighted by molar-refractivity contribution is 14.0. The van der Waals surface area contributed by atoms with Crippen LogP contribution in [0.1, 0.15) is 33.1 Å². The van der Waals surface area contributed by atoms with Crippen molar-refractivity contribution in [3.8, 4) is 5.75 Å². The van der Waals surface area contributed by atoms with E-state index in [-0.39, 0.29) is 47.7 Å². The Morgan fingerprint density at radius 3 is 2.77 bits per heavy atom. The van der Waals surface area contributed by atoms with E-state index >= 15 is 0 Å². The monoisotopic (exact) mass is 539 g/mol. The second kappa shape index (κ2) is 13.5. The van der Waals surface area contributed by atoms with Gasteiger partial charge in [-0.05, 0) is 31.9 Å². The Hall–Kier alpha value is -1.85. The summed E-state index contributed by atoms with van der Waals surface area (Å²) in [5.41, 5.74) is 0.654. The van der Waals surface area contributed by atoms with Crippen LogP contribution in [0.5, 0.6) is 5.75 Å². The van der Waals surface area contributed by atoms with E-state index in [1.807, 2.05) is 18.7 Å². The van der Waals surface area contributed by atoms with E-state index in [0.29, 0.717) is 31.2 Å². The average molecular weight is 539 g/mol. The lowest BCUT2D eigenvalue weighted by molar-refractivity contribution is -0.121. The highest BCUT2D eigenvalue weighted by Gasteiger charge is 2.26. The van der Waals surface area contributed by atoms with Gasteiger partial charge < -0.3 is 25.6 Å². The molecule has 10 heteroatoms. The molecule has 0 bridgehead atoms. The third-order valence-corrected chi connectivity index (χ3v) is 4.84. The van der Waals surface area contributed by atoms with Crippen LogP contribution in [0.15, 0.2) is 29.3 Å². The number of anilines is 1. The van der Waals surface area contributed by atoms with Crippen LogP contribution in [-0.2, 0) is 4.79 Å². The van der Waals surface area contributed by atoms with Crippen LogP contribution < -0.4 is 25.6 Å². The van der Waals surface area contributed by atoms with Gasteiger partial charge in [0.2, 0.25) is 5.91 Å². The molecule has 0 aliphatic carbocycles. The Morgan fingerprint density at radius 2 is 2.10 bits per heavy atom. The Balaban J connectivity index is 0.00000450. The Bertz CT molecular complexity index is 693. The fraction of sp³-hybridized carbons (Fsp3) is 0.600. The maximum absolute atomic E-state index is 12.6. The third-order valence-electron chi connectivity index (χ3n) is 4.84. The lowest BCUT2D eigenvalue weighted by atomic mass is 10.2. The number of rotatable bonds is 9. The molecule has 1 saturated heterocycles. The number of carbonyl (C=O) groups excluding carboxylic acids is 1.